The Morgan fingerprint density at radius 3 is 2.64 bits per heavy atom. The molecule has 2 rings (SSSR count). The Hall–Kier alpha value is -1.53. The van der Waals surface area contributed by atoms with Crippen molar-refractivity contribution >= 4 is 5.91 Å². The Balaban J connectivity index is 2.10. The molecule has 1 aromatic carbocycles. The number of nitrogens with one attached hydrogen (secondary N) is 2. The van der Waals surface area contributed by atoms with Crippen molar-refractivity contribution in [1.29, 1.82) is 0 Å². The van der Waals surface area contributed by atoms with E-state index in [4.69, 9.17) is 0 Å². The summed E-state index contributed by atoms with van der Waals surface area (Å²) in [7, 11) is 0. The van der Waals surface area contributed by atoms with E-state index < -0.39 is 23.8 Å². The average Bonchev–Trinajstić information content (AvgIpc) is 2.53. The number of carbonyl (C=O) groups excluding carboxylic acids is 1. The molecule has 1 aromatic rings. The van der Waals surface area contributed by atoms with Crippen LogP contribution in [-0.2, 0) is 11.2 Å². The van der Waals surface area contributed by atoms with E-state index in [1.165, 1.54) is 19.1 Å². The molecule has 1 heterocycles. The van der Waals surface area contributed by atoms with Crippen LogP contribution in [0.2, 0.25) is 0 Å². The smallest absolute Gasteiger partial charge is 0.217 e. The van der Waals surface area contributed by atoms with E-state index in [-0.39, 0.29) is 18.4 Å². The summed E-state index contributed by atoms with van der Waals surface area (Å²) < 4.78 is 26.9. The van der Waals surface area contributed by atoms with Crippen LogP contribution < -0.4 is 10.6 Å². The Labute approximate surface area is 148 Å². The van der Waals surface area contributed by atoms with Crippen molar-refractivity contribution < 1.29 is 18.7 Å². The summed E-state index contributed by atoms with van der Waals surface area (Å²) in [6.45, 7) is 4.35. The Morgan fingerprint density at radius 2 is 2.04 bits per heavy atom. The third kappa shape index (κ3) is 6.04. The molecule has 6 heteroatoms. The first-order chi connectivity index (χ1) is 11.9. The molecule has 0 spiro atoms. The van der Waals surface area contributed by atoms with Crippen molar-refractivity contribution in [3.8, 4) is 0 Å². The monoisotopic (exact) mass is 354 g/mol. The summed E-state index contributed by atoms with van der Waals surface area (Å²) in [5.74, 6) is -1.05. The number of amides is 1. The molecular weight excluding hydrogens is 326 g/mol. The maximum atomic E-state index is 13.4. The van der Waals surface area contributed by atoms with Gasteiger partial charge in [0.25, 0.3) is 0 Å². The summed E-state index contributed by atoms with van der Waals surface area (Å²) in [5, 5.41) is 16.9. The maximum absolute atomic E-state index is 13.4. The molecule has 0 radical (unpaired) electrons. The predicted molar refractivity (Wildman–Crippen MR) is 93.1 cm³/mol. The molecule has 3 N–H and O–H groups in total. The van der Waals surface area contributed by atoms with Crippen molar-refractivity contribution in [1.82, 2.24) is 10.6 Å². The van der Waals surface area contributed by atoms with E-state index in [0.29, 0.717) is 11.5 Å². The quantitative estimate of drug-likeness (QED) is 0.705. The summed E-state index contributed by atoms with van der Waals surface area (Å²) in [6.07, 6.45) is 3.48. The van der Waals surface area contributed by atoms with Gasteiger partial charge in [-0.2, -0.15) is 0 Å². The highest BCUT2D eigenvalue weighted by Crippen LogP contribution is 2.24. The minimum Gasteiger partial charge on any atom is -0.389 e. The van der Waals surface area contributed by atoms with Crippen LogP contribution in [0.15, 0.2) is 18.2 Å². The topological polar surface area (TPSA) is 61.4 Å². The standard InChI is InChI=1S/C19H28F2N2O2/c1-3-4-13-5-6-22-17(9-13)19(25)18(23-12(2)24)10-14-7-15(20)11-16(21)8-14/h7-8,11,13,17-19,22,25H,3-6,9-10H2,1-2H3,(H,23,24). The van der Waals surface area contributed by atoms with Crippen LogP contribution in [0.25, 0.3) is 0 Å². The van der Waals surface area contributed by atoms with Gasteiger partial charge in [0.2, 0.25) is 5.91 Å². The highest BCUT2D eigenvalue weighted by Gasteiger charge is 2.32. The number of hydrogen-bond acceptors (Lipinski definition) is 3. The van der Waals surface area contributed by atoms with Gasteiger partial charge in [-0.15, -0.1) is 0 Å². The first-order valence-electron chi connectivity index (χ1n) is 9.02. The molecule has 1 saturated heterocycles. The van der Waals surface area contributed by atoms with Crippen molar-refractivity contribution in [3.05, 3.63) is 35.4 Å². The minimum atomic E-state index is -0.824. The molecule has 4 unspecified atom stereocenters. The number of hydrogen-bond donors (Lipinski definition) is 3. The predicted octanol–water partition coefficient (Wildman–Crippen LogP) is 2.54. The lowest BCUT2D eigenvalue weighted by Gasteiger charge is -2.37. The van der Waals surface area contributed by atoms with E-state index in [9.17, 15) is 18.7 Å². The summed E-state index contributed by atoms with van der Waals surface area (Å²) in [5.41, 5.74) is 0.413. The first kappa shape index (κ1) is 19.8. The van der Waals surface area contributed by atoms with Crippen molar-refractivity contribution in [2.24, 2.45) is 5.92 Å². The van der Waals surface area contributed by atoms with E-state index >= 15 is 0 Å². The second kappa shape index (κ2) is 9.25. The number of rotatable bonds is 7. The molecule has 140 valence electrons. The van der Waals surface area contributed by atoms with E-state index in [2.05, 4.69) is 17.6 Å². The van der Waals surface area contributed by atoms with Gasteiger partial charge < -0.3 is 15.7 Å². The number of benzene rings is 1. The largest absolute Gasteiger partial charge is 0.389 e. The van der Waals surface area contributed by atoms with Crippen LogP contribution in [0.1, 0.15) is 45.1 Å². The van der Waals surface area contributed by atoms with Crippen molar-refractivity contribution in [3.63, 3.8) is 0 Å². The van der Waals surface area contributed by atoms with Crippen LogP contribution in [0, 0.1) is 17.6 Å². The maximum Gasteiger partial charge on any atom is 0.217 e. The lowest BCUT2D eigenvalue weighted by molar-refractivity contribution is -0.120. The molecule has 4 nitrogen and oxygen atoms in total. The summed E-state index contributed by atoms with van der Waals surface area (Å²) >= 11 is 0. The SMILES string of the molecule is CCCC1CCNC(C(O)C(Cc2cc(F)cc(F)c2)NC(C)=O)C1. The summed E-state index contributed by atoms with van der Waals surface area (Å²) in [4.78, 5) is 11.5. The van der Waals surface area contributed by atoms with Crippen LogP contribution >= 0.6 is 0 Å². The second-order valence-electron chi connectivity index (χ2n) is 7.02. The summed E-state index contributed by atoms with van der Waals surface area (Å²) in [6, 6.07) is 2.54. The molecule has 1 aliphatic heterocycles. The number of halogens is 2. The zero-order valence-electron chi connectivity index (χ0n) is 14.9. The average molecular weight is 354 g/mol. The minimum absolute atomic E-state index is 0.138. The molecule has 0 bridgehead atoms. The zero-order chi connectivity index (χ0) is 18.4. The van der Waals surface area contributed by atoms with Gasteiger partial charge in [-0.25, -0.2) is 8.78 Å². The number of piperidine rings is 1. The highest BCUT2D eigenvalue weighted by molar-refractivity contribution is 5.73. The molecule has 0 aromatic heterocycles. The van der Waals surface area contributed by atoms with Crippen molar-refractivity contribution in [2.75, 3.05) is 6.54 Å². The Bertz CT molecular complexity index is 560. The van der Waals surface area contributed by atoms with Crippen LogP contribution in [-0.4, -0.2) is 35.7 Å². The lowest BCUT2D eigenvalue weighted by Crippen LogP contribution is -2.55. The fraction of sp³-hybridized carbons (Fsp3) is 0.632. The van der Waals surface area contributed by atoms with Crippen molar-refractivity contribution in [2.45, 2.75) is 64.1 Å². The molecule has 0 saturated carbocycles. The van der Waals surface area contributed by atoms with Gasteiger partial charge >= 0.3 is 0 Å². The Kier molecular flexibility index (Phi) is 7.32. The van der Waals surface area contributed by atoms with Gasteiger partial charge in [-0.3, -0.25) is 4.79 Å². The number of aliphatic hydroxyl groups is 1. The van der Waals surface area contributed by atoms with Gasteiger partial charge in [-0.1, -0.05) is 19.8 Å². The lowest BCUT2D eigenvalue weighted by atomic mass is 9.84. The van der Waals surface area contributed by atoms with Gasteiger partial charge in [-0.05, 0) is 49.4 Å². The number of aliphatic hydroxyl groups excluding tert-OH is 1. The number of carbonyl (C=O) groups is 1. The van der Waals surface area contributed by atoms with E-state index in [0.717, 1.165) is 38.3 Å². The molecule has 1 aliphatic rings. The molecule has 25 heavy (non-hydrogen) atoms. The van der Waals surface area contributed by atoms with Crippen LogP contribution in [0.5, 0.6) is 0 Å². The van der Waals surface area contributed by atoms with Crippen LogP contribution in [0.3, 0.4) is 0 Å². The fourth-order valence-corrected chi connectivity index (χ4v) is 3.75. The molecule has 1 fully saturated rings. The molecule has 1 amide bonds. The van der Waals surface area contributed by atoms with Gasteiger partial charge in [0, 0.05) is 19.0 Å². The normalized spacial score (nSPS) is 23.1. The van der Waals surface area contributed by atoms with Crippen LogP contribution in [0.4, 0.5) is 8.78 Å². The molecule has 0 aliphatic carbocycles. The highest BCUT2D eigenvalue weighted by atomic mass is 19.1. The van der Waals surface area contributed by atoms with Gasteiger partial charge in [0.1, 0.15) is 11.6 Å². The van der Waals surface area contributed by atoms with Gasteiger partial charge in [0.05, 0.1) is 12.1 Å². The van der Waals surface area contributed by atoms with E-state index in [1.807, 2.05) is 0 Å². The first-order valence-corrected chi connectivity index (χ1v) is 9.02. The third-order valence-electron chi connectivity index (χ3n) is 4.83. The molecular formula is C19H28F2N2O2. The fourth-order valence-electron chi connectivity index (χ4n) is 3.75. The zero-order valence-corrected chi connectivity index (χ0v) is 14.9. The van der Waals surface area contributed by atoms with Gasteiger partial charge in [0.15, 0.2) is 0 Å². The third-order valence-corrected chi connectivity index (χ3v) is 4.83. The van der Waals surface area contributed by atoms with E-state index in [1.54, 1.807) is 0 Å². The Morgan fingerprint density at radius 1 is 1.36 bits per heavy atom. The molecule has 4 atom stereocenters. The second-order valence-corrected chi connectivity index (χ2v) is 7.02.